The number of ether oxygens (including phenoxy) is 1. The molecule has 30 heavy (non-hydrogen) atoms. The molecule has 0 atom stereocenters. The Balaban J connectivity index is 1.61. The van der Waals surface area contributed by atoms with Crippen LogP contribution in [0, 0.1) is 0 Å². The van der Waals surface area contributed by atoms with Crippen molar-refractivity contribution in [3.8, 4) is 0 Å². The molecule has 0 amide bonds. The number of alkyl halides is 3. The van der Waals surface area contributed by atoms with Gasteiger partial charge in [0.2, 0.25) is 10.0 Å². The van der Waals surface area contributed by atoms with E-state index in [2.05, 4.69) is 4.72 Å². The molecular weight excluding hydrogens is 423 g/mol. The Bertz CT molecular complexity index is 1110. The van der Waals surface area contributed by atoms with Gasteiger partial charge in [-0.25, -0.2) is 17.9 Å². The first kappa shape index (κ1) is 21.6. The summed E-state index contributed by atoms with van der Waals surface area (Å²) in [6.45, 7) is -0.385. The maximum absolute atomic E-state index is 12.7. The molecule has 0 aliphatic rings. The van der Waals surface area contributed by atoms with Crippen molar-refractivity contribution in [3.63, 3.8) is 0 Å². The number of hydrogen-bond donors (Lipinski definition) is 1. The Morgan fingerprint density at radius 1 is 1.03 bits per heavy atom. The number of carbonyl (C=O) groups is 1. The molecule has 0 saturated carbocycles. The number of rotatable bonds is 7. The highest BCUT2D eigenvalue weighted by Gasteiger charge is 2.30. The molecule has 0 bridgehead atoms. The van der Waals surface area contributed by atoms with Gasteiger partial charge in [-0.2, -0.15) is 13.2 Å². The van der Waals surface area contributed by atoms with E-state index in [1.807, 2.05) is 0 Å². The van der Waals surface area contributed by atoms with Gasteiger partial charge in [0, 0.05) is 0 Å². The smallest absolute Gasteiger partial charge is 0.416 e. The van der Waals surface area contributed by atoms with Crippen molar-refractivity contribution in [3.05, 3.63) is 89.4 Å². The molecule has 1 N–H and O–H groups in total. The van der Waals surface area contributed by atoms with Gasteiger partial charge in [-0.15, -0.1) is 0 Å². The molecule has 3 aromatic rings. The molecule has 6 nitrogen and oxygen atoms in total. The van der Waals surface area contributed by atoms with Crippen molar-refractivity contribution in [1.29, 1.82) is 0 Å². The third kappa shape index (κ3) is 5.49. The topological polar surface area (TPSA) is 85.6 Å². The second kappa shape index (κ2) is 8.72. The molecule has 0 aliphatic carbocycles. The molecule has 0 radical (unpaired) electrons. The van der Waals surface area contributed by atoms with Crippen molar-refractivity contribution in [2.75, 3.05) is 0 Å². The SMILES string of the molecule is O=C(OCc1cccc(C(F)(F)F)c1)c1ccc(S(=O)(=O)NCc2ccco2)cc1. The Morgan fingerprint density at radius 3 is 2.40 bits per heavy atom. The zero-order chi connectivity index (χ0) is 21.8. The van der Waals surface area contributed by atoms with Gasteiger partial charge in [-0.1, -0.05) is 12.1 Å². The summed E-state index contributed by atoms with van der Waals surface area (Å²) in [5.74, 6) is -0.353. The molecule has 0 saturated heterocycles. The van der Waals surface area contributed by atoms with Crippen LogP contribution in [0.5, 0.6) is 0 Å². The molecule has 0 unspecified atom stereocenters. The van der Waals surface area contributed by atoms with Crippen LogP contribution in [0.4, 0.5) is 13.2 Å². The third-order valence-electron chi connectivity index (χ3n) is 4.04. The maximum Gasteiger partial charge on any atom is 0.416 e. The first-order valence-electron chi connectivity index (χ1n) is 8.60. The monoisotopic (exact) mass is 439 g/mol. The lowest BCUT2D eigenvalue weighted by atomic mass is 10.1. The first-order valence-corrected chi connectivity index (χ1v) is 10.1. The first-order chi connectivity index (χ1) is 14.1. The van der Waals surface area contributed by atoms with Crippen LogP contribution in [-0.4, -0.2) is 14.4 Å². The van der Waals surface area contributed by atoms with E-state index in [-0.39, 0.29) is 29.2 Å². The Labute approximate surface area is 170 Å². The number of hydrogen-bond acceptors (Lipinski definition) is 5. The van der Waals surface area contributed by atoms with Crippen molar-refractivity contribution >= 4 is 16.0 Å². The van der Waals surface area contributed by atoms with Gasteiger partial charge in [-0.05, 0) is 54.1 Å². The number of benzene rings is 2. The van der Waals surface area contributed by atoms with Crippen LogP contribution in [-0.2, 0) is 34.1 Å². The van der Waals surface area contributed by atoms with Crippen LogP contribution in [0.15, 0.2) is 76.2 Å². The summed E-state index contributed by atoms with van der Waals surface area (Å²) in [5.41, 5.74) is -0.598. The van der Waals surface area contributed by atoms with Gasteiger partial charge >= 0.3 is 12.1 Å². The number of carbonyl (C=O) groups excluding carboxylic acids is 1. The minimum Gasteiger partial charge on any atom is -0.468 e. The number of esters is 1. The van der Waals surface area contributed by atoms with Gasteiger partial charge in [0.1, 0.15) is 12.4 Å². The highest BCUT2D eigenvalue weighted by Crippen LogP contribution is 2.29. The standard InChI is InChI=1S/C20H16F3NO5S/c21-20(22,23)16-4-1-3-14(11-16)13-29-19(25)15-6-8-18(9-7-15)30(26,27)24-12-17-5-2-10-28-17/h1-11,24H,12-13H2. The molecule has 0 spiro atoms. The van der Waals surface area contributed by atoms with Crippen LogP contribution in [0.1, 0.15) is 27.2 Å². The Morgan fingerprint density at radius 2 is 1.77 bits per heavy atom. The fraction of sp³-hybridized carbons (Fsp3) is 0.150. The summed E-state index contributed by atoms with van der Waals surface area (Å²) >= 11 is 0. The average Bonchev–Trinajstić information content (AvgIpc) is 3.24. The van der Waals surface area contributed by atoms with Gasteiger partial charge < -0.3 is 9.15 Å². The van der Waals surface area contributed by atoms with E-state index in [1.54, 1.807) is 12.1 Å². The normalized spacial score (nSPS) is 12.0. The van der Waals surface area contributed by atoms with Crippen molar-refractivity contribution in [2.45, 2.75) is 24.2 Å². The zero-order valence-electron chi connectivity index (χ0n) is 15.3. The average molecular weight is 439 g/mol. The summed E-state index contributed by atoms with van der Waals surface area (Å²) < 4.78 is 75.2. The summed E-state index contributed by atoms with van der Waals surface area (Å²) in [5, 5.41) is 0. The molecule has 10 heteroatoms. The summed E-state index contributed by atoms with van der Waals surface area (Å²) in [4.78, 5) is 12.1. The summed E-state index contributed by atoms with van der Waals surface area (Å²) in [6.07, 6.45) is -3.07. The van der Waals surface area contributed by atoms with Gasteiger partial charge in [0.15, 0.2) is 0 Å². The van der Waals surface area contributed by atoms with E-state index in [9.17, 15) is 26.4 Å². The lowest BCUT2D eigenvalue weighted by Gasteiger charge is -2.10. The van der Waals surface area contributed by atoms with E-state index in [0.717, 1.165) is 12.1 Å². The molecular formula is C20H16F3NO5S. The van der Waals surface area contributed by atoms with Gasteiger partial charge in [-0.3, -0.25) is 0 Å². The van der Waals surface area contributed by atoms with Crippen LogP contribution < -0.4 is 4.72 Å². The fourth-order valence-electron chi connectivity index (χ4n) is 2.50. The van der Waals surface area contributed by atoms with Gasteiger partial charge in [0.05, 0.1) is 28.8 Å². The van der Waals surface area contributed by atoms with Crippen molar-refractivity contribution in [2.24, 2.45) is 0 Å². The highest BCUT2D eigenvalue weighted by molar-refractivity contribution is 7.89. The van der Waals surface area contributed by atoms with Crippen LogP contribution >= 0.6 is 0 Å². The largest absolute Gasteiger partial charge is 0.468 e. The predicted octanol–water partition coefficient (Wildman–Crippen LogP) is 4.13. The summed E-state index contributed by atoms with van der Waals surface area (Å²) in [7, 11) is -3.82. The third-order valence-corrected chi connectivity index (χ3v) is 5.46. The molecule has 0 aliphatic heterocycles. The number of halogens is 3. The quantitative estimate of drug-likeness (QED) is 0.560. The van der Waals surface area contributed by atoms with Crippen LogP contribution in [0.25, 0.3) is 0 Å². The van der Waals surface area contributed by atoms with Gasteiger partial charge in [0.25, 0.3) is 0 Å². The second-order valence-corrected chi connectivity index (χ2v) is 7.97. The molecule has 158 valence electrons. The number of nitrogens with one attached hydrogen (secondary N) is 1. The van der Waals surface area contributed by atoms with E-state index in [0.29, 0.717) is 5.76 Å². The van der Waals surface area contributed by atoms with E-state index >= 15 is 0 Å². The lowest BCUT2D eigenvalue weighted by Crippen LogP contribution is -2.23. The predicted molar refractivity (Wildman–Crippen MR) is 99.7 cm³/mol. The van der Waals surface area contributed by atoms with Crippen LogP contribution in [0.2, 0.25) is 0 Å². The lowest BCUT2D eigenvalue weighted by molar-refractivity contribution is -0.137. The number of furan rings is 1. The Hall–Kier alpha value is -3.11. The van der Waals surface area contributed by atoms with E-state index in [4.69, 9.17) is 9.15 Å². The second-order valence-electron chi connectivity index (χ2n) is 6.20. The number of sulfonamides is 1. The molecule has 2 aromatic carbocycles. The molecule has 0 fully saturated rings. The minimum atomic E-state index is -4.49. The van der Waals surface area contributed by atoms with E-state index < -0.39 is 27.7 Å². The van der Waals surface area contributed by atoms with Crippen molar-refractivity contribution in [1.82, 2.24) is 4.72 Å². The van der Waals surface area contributed by atoms with E-state index in [1.165, 1.54) is 42.7 Å². The zero-order valence-corrected chi connectivity index (χ0v) is 16.2. The molecule has 3 rings (SSSR count). The Kier molecular flexibility index (Phi) is 6.28. The van der Waals surface area contributed by atoms with Crippen molar-refractivity contribution < 1.29 is 35.5 Å². The summed E-state index contributed by atoms with van der Waals surface area (Å²) in [6, 6.07) is 12.7. The highest BCUT2D eigenvalue weighted by atomic mass is 32.2. The molecule has 1 heterocycles. The fourth-order valence-corrected chi connectivity index (χ4v) is 3.50. The maximum atomic E-state index is 12.7. The minimum absolute atomic E-state index is 0.0316. The van der Waals surface area contributed by atoms with Crippen LogP contribution in [0.3, 0.4) is 0 Å². The molecule has 1 aromatic heterocycles.